The molecule has 0 amide bonds. The van der Waals surface area contributed by atoms with E-state index in [0.717, 1.165) is 63.2 Å². The van der Waals surface area contributed by atoms with Crippen LogP contribution in [0.5, 0.6) is 17.2 Å². The largest absolute Gasteiger partial charge is 0.493 e. The predicted octanol–water partition coefficient (Wildman–Crippen LogP) is 6.30. The molecule has 0 fully saturated rings. The zero-order valence-electron chi connectivity index (χ0n) is 26.6. The van der Waals surface area contributed by atoms with Crippen molar-refractivity contribution in [2.24, 2.45) is 7.05 Å². The Morgan fingerprint density at radius 3 is 2.22 bits per heavy atom. The Balaban J connectivity index is 0.00000417. The Kier molecular flexibility index (Phi) is 9.29. The fraction of sp³-hybridized carbons (Fsp3) is 0.250. The number of rotatable bonds is 11. The maximum absolute atomic E-state index is 12.2. The summed E-state index contributed by atoms with van der Waals surface area (Å²) in [4.78, 5) is 22.2. The molecule has 4 aromatic carbocycles. The molecule has 1 atom stereocenters. The van der Waals surface area contributed by atoms with Crippen molar-refractivity contribution < 1.29 is 29.6 Å². The van der Waals surface area contributed by atoms with Crippen LogP contribution in [0.4, 0.5) is 0 Å². The third-order valence-electron chi connectivity index (χ3n) is 8.07. The third-order valence-corrected chi connectivity index (χ3v) is 8.07. The highest BCUT2D eigenvalue weighted by Gasteiger charge is 2.26. The number of methoxy groups -OCH3 is 2. The van der Waals surface area contributed by atoms with Crippen molar-refractivity contribution in [1.82, 2.24) is 19.1 Å². The van der Waals surface area contributed by atoms with E-state index in [-0.39, 0.29) is 11.2 Å². The molecule has 10 nitrogen and oxygen atoms in total. The van der Waals surface area contributed by atoms with Gasteiger partial charge < -0.3 is 33.9 Å². The van der Waals surface area contributed by atoms with Crippen LogP contribution >= 0.6 is 0 Å². The molecule has 0 bridgehead atoms. The molecular weight excluding hydrogens is 584 g/mol. The Labute approximate surface area is 267 Å². The topological polar surface area (TPSA) is 132 Å². The van der Waals surface area contributed by atoms with Crippen molar-refractivity contribution in [3.8, 4) is 28.6 Å². The van der Waals surface area contributed by atoms with Crippen molar-refractivity contribution in [1.29, 1.82) is 0 Å². The number of carbonyl (C=O) groups is 1. The van der Waals surface area contributed by atoms with E-state index in [1.165, 1.54) is 14.2 Å². The molecule has 0 aliphatic carbocycles. The van der Waals surface area contributed by atoms with Gasteiger partial charge >= 0.3 is 5.97 Å². The number of hydrogen-bond acceptors (Lipinski definition) is 6. The van der Waals surface area contributed by atoms with Crippen LogP contribution in [-0.4, -0.2) is 49.9 Å². The predicted molar refractivity (Wildman–Crippen MR) is 178 cm³/mol. The lowest BCUT2D eigenvalue weighted by molar-refractivity contribution is -0.145. The number of imidazole rings is 2. The number of benzene rings is 4. The highest BCUT2D eigenvalue weighted by Crippen LogP contribution is 2.42. The molecule has 0 aliphatic heterocycles. The second kappa shape index (κ2) is 13.3. The van der Waals surface area contributed by atoms with Crippen molar-refractivity contribution in [2.75, 3.05) is 14.2 Å². The van der Waals surface area contributed by atoms with Gasteiger partial charge in [-0.3, -0.25) is 0 Å². The van der Waals surface area contributed by atoms with E-state index in [4.69, 9.17) is 24.2 Å². The van der Waals surface area contributed by atoms with Crippen LogP contribution in [0, 0.1) is 6.92 Å². The summed E-state index contributed by atoms with van der Waals surface area (Å²) in [5, 5.41) is 9.99. The Morgan fingerprint density at radius 1 is 0.913 bits per heavy atom. The second-order valence-electron chi connectivity index (χ2n) is 11.1. The zero-order chi connectivity index (χ0) is 31.7. The first kappa shape index (κ1) is 32.1. The number of ether oxygens (including phenoxy) is 3. The zero-order valence-corrected chi connectivity index (χ0v) is 26.6. The van der Waals surface area contributed by atoms with Gasteiger partial charge in [0.05, 0.1) is 36.3 Å². The Bertz CT molecular complexity index is 1990. The SMILES string of the molecule is CCCc1nc2c(C)cc(-c3nc4ccccc4n3C)cc2n1Cc1cc(OC)c(OC(C(=O)O)c2ccccc2)c(OC)c1.O. The van der Waals surface area contributed by atoms with Gasteiger partial charge in [0.2, 0.25) is 11.9 Å². The number of fused-ring (bicyclic) bond motifs is 2. The van der Waals surface area contributed by atoms with Gasteiger partial charge in [-0.2, -0.15) is 0 Å². The number of para-hydroxylation sites is 2. The number of hydrogen-bond donors (Lipinski definition) is 1. The van der Waals surface area contributed by atoms with Gasteiger partial charge in [0.15, 0.2) is 11.5 Å². The number of aryl methyl sites for hydroxylation is 3. The molecule has 238 valence electrons. The average molecular weight is 623 g/mol. The van der Waals surface area contributed by atoms with Crippen LogP contribution in [0.25, 0.3) is 33.5 Å². The minimum atomic E-state index is -1.24. The Hall–Kier alpha value is -5.35. The quantitative estimate of drug-likeness (QED) is 0.179. The van der Waals surface area contributed by atoms with Gasteiger partial charge in [0, 0.05) is 31.1 Å². The lowest BCUT2D eigenvalue weighted by Crippen LogP contribution is -2.19. The van der Waals surface area contributed by atoms with Crippen molar-refractivity contribution in [3.63, 3.8) is 0 Å². The van der Waals surface area contributed by atoms with Crippen LogP contribution in [0.3, 0.4) is 0 Å². The van der Waals surface area contributed by atoms with Crippen molar-refractivity contribution in [3.05, 3.63) is 101 Å². The van der Waals surface area contributed by atoms with Gasteiger partial charge in [0.1, 0.15) is 11.6 Å². The molecule has 0 aliphatic rings. The number of carboxylic acid groups (broad SMARTS) is 1. The molecule has 46 heavy (non-hydrogen) atoms. The number of carboxylic acids is 1. The van der Waals surface area contributed by atoms with E-state index in [0.29, 0.717) is 23.6 Å². The molecule has 0 saturated carbocycles. The van der Waals surface area contributed by atoms with Crippen LogP contribution in [0.15, 0.2) is 78.9 Å². The summed E-state index contributed by atoms with van der Waals surface area (Å²) < 4.78 is 21.9. The fourth-order valence-electron chi connectivity index (χ4n) is 5.90. The van der Waals surface area contributed by atoms with E-state index < -0.39 is 12.1 Å². The van der Waals surface area contributed by atoms with Crippen LogP contribution in [0.2, 0.25) is 0 Å². The molecular formula is C36H38N4O6. The molecule has 0 saturated heterocycles. The molecule has 6 rings (SSSR count). The van der Waals surface area contributed by atoms with Crippen LogP contribution < -0.4 is 14.2 Å². The summed E-state index contributed by atoms with van der Waals surface area (Å²) in [7, 11) is 5.11. The van der Waals surface area contributed by atoms with Gasteiger partial charge in [-0.25, -0.2) is 14.8 Å². The molecule has 2 heterocycles. The van der Waals surface area contributed by atoms with Gasteiger partial charge in [0.25, 0.3) is 0 Å². The van der Waals surface area contributed by atoms with Gasteiger partial charge in [-0.15, -0.1) is 0 Å². The maximum Gasteiger partial charge on any atom is 0.349 e. The molecule has 1 unspecified atom stereocenters. The molecule has 2 aromatic heterocycles. The minimum Gasteiger partial charge on any atom is -0.493 e. The standard InChI is InChI=1S/C36H36N4O5.H2O/c1-6-12-31-38-32-22(2)17-25(35-37-26-15-10-11-16-27(26)39(35)3)20-28(32)40(31)21-23-18-29(43-4)34(30(19-23)44-5)45-33(36(41)42)24-13-8-7-9-14-24;/h7-11,13-20,33H,6,12,21H2,1-5H3,(H,41,42);1H2. The average Bonchev–Trinajstić information content (AvgIpc) is 3.57. The van der Waals surface area contributed by atoms with Crippen LogP contribution in [0.1, 0.15) is 42.0 Å². The second-order valence-corrected chi connectivity index (χ2v) is 11.1. The molecule has 3 N–H and O–H groups in total. The minimum absolute atomic E-state index is 0. The summed E-state index contributed by atoms with van der Waals surface area (Å²) in [6.07, 6.45) is 0.510. The summed E-state index contributed by atoms with van der Waals surface area (Å²) in [6.45, 7) is 4.72. The Morgan fingerprint density at radius 2 is 1.59 bits per heavy atom. The summed E-state index contributed by atoms with van der Waals surface area (Å²) in [5.74, 6) is 1.74. The lowest BCUT2D eigenvalue weighted by atomic mass is 10.1. The van der Waals surface area contributed by atoms with E-state index in [2.05, 4.69) is 41.2 Å². The monoisotopic (exact) mass is 622 g/mol. The van der Waals surface area contributed by atoms with E-state index in [1.807, 2.05) is 43.4 Å². The van der Waals surface area contributed by atoms with Crippen LogP contribution in [-0.2, 0) is 24.8 Å². The first-order valence-corrected chi connectivity index (χ1v) is 14.9. The summed E-state index contributed by atoms with van der Waals surface area (Å²) >= 11 is 0. The van der Waals surface area contributed by atoms with Gasteiger partial charge in [-0.05, 0) is 60.9 Å². The molecule has 0 spiro atoms. The number of aromatic nitrogens is 4. The number of aliphatic carboxylic acids is 1. The first-order valence-electron chi connectivity index (χ1n) is 14.9. The molecule has 6 aromatic rings. The summed E-state index contributed by atoms with van der Waals surface area (Å²) in [5.41, 5.74) is 7.48. The fourth-order valence-corrected chi connectivity index (χ4v) is 5.90. The summed E-state index contributed by atoms with van der Waals surface area (Å²) in [6, 6.07) is 25.0. The van der Waals surface area contributed by atoms with Crippen molar-refractivity contribution >= 4 is 28.0 Å². The van der Waals surface area contributed by atoms with E-state index in [9.17, 15) is 9.90 Å². The third kappa shape index (κ3) is 5.87. The molecule has 0 radical (unpaired) electrons. The maximum atomic E-state index is 12.2. The van der Waals surface area contributed by atoms with E-state index >= 15 is 0 Å². The smallest absolute Gasteiger partial charge is 0.349 e. The lowest BCUT2D eigenvalue weighted by Gasteiger charge is -2.21. The van der Waals surface area contributed by atoms with E-state index in [1.54, 1.807) is 24.3 Å². The highest BCUT2D eigenvalue weighted by molar-refractivity contribution is 5.87. The highest BCUT2D eigenvalue weighted by atomic mass is 16.6. The molecule has 10 heteroatoms. The number of nitrogens with zero attached hydrogens (tertiary/aromatic N) is 4. The van der Waals surface area contributed by atoms with Gasteiger partial charge in [-0.1, -0.05) is 49.4 Å². The van der Waals surface area contributed by atoms with Crippen molar-refractivity contribution in [2.45, 2.75) is 39.3 Å². The normalized spacial score (nSPS) is 11.8. The first-order chi connectivity index (χ1) is 21.8.